The number of hydrogen-bond donors (Lipinski definition) is 0. The van der Waals surface area contributed by atoms with Crippen molar-refractivity contribution in [3.63, 3.8) is 0 Å². The van der Waals surface area contributed by atoms with Gasteiger partial charge >= 0.3 is 11.6 Å². The summed E-state index contributed by atoms with van der Waals surface area (Å²) < 4.78 is 11.6. The third kappa shape index (κ3) is 4.09. The first-order chi connectivity index (χ1) is 14.8. The van der Waals surface area contributed by atoms with E-state index in [1.54, 1.807) is 24.3 Å². The first-order valence-electron chi connectivity index (χ1n) is 9.89. The van der Waals surface area contributed by atoms with Gasteiger partial charge in [0, 0.05) is 17.0 Å². The van der Waals surface area contributed by atoms with Gasteiger partial charge in [0.15, 0.2) is 0 Å². The van der Waals surface area contributed by atoms with Crippen LogP contribution in [0.3, 0.4) is 0 Å². The summed E-state index contributed by atoms with van der Waals surface area (Å²) in [4.78, 5) is 36.8. The Bertz CT molecular complexity index is 1420. The van der Waals surface area contributed by atoms with Crippen molar-refractivity contribution in [2.75, 3.05) is 0 Å². The molecule has 4 aromatic rings. The SMILES string of the molecule is Cc1cc2oc(=O)cc(COC(=O)Cn3nnc4ccccc4c3=O)c2cc1C(C)C. The molecule has 0 aliphatic carbocycles. The molecule has 0 spiro atoms. The van der Waals surface area contributed by atoms with Crippen LogP contribution in [0, 0.1) is 6.92 Å². The number of esters is 1. The van der Waals surface area contributed by atoms with Gasteiger partial charge in [-0.3, -0.25) is 9.59 Å². The molecule has 0 fully saturated rings. The van der Waals surface area contributed by atoms with Crippen molar-refractivity contribution >= 4 is 27.8 Å². The minimum atomic E-state index is -0.663. The van der Waals surface area contributed by atoms with Crippen molar-refractivity contribution in [3.05, 3.63) is 79.9 Å². The van der Waals surface area contributed by atoms with E-state index in [1.807, 2.05) is 19.1 Å². The fraction of sp³-hybridized carbons (Fsp3) is 0.261. The van der Waals surface area contributed by atoms with E-state index in [9.17, 15) is 14.4 Å². The molecule has 0 unspecified atom stereocenters. The van der Waals surface area contributed by atoms with E-state index < -0.39 is 17.2 Å². The summed E-state index contributed by atoms with van der Waals surface area (Å²) >= 11 is 0. The molecule has 0 radical (unpaired) electrons. The molecule has 158 valence electrons. The van der Waals surface area contributed by atoms with Gasteiger partial charge in [-0.25, -0.2) is 4.79 Å². The monoisotopic (exact) mass is 419 g/mol. The van der Waals surface area contributed by atoms with Crippen LogP contribution in [0.2, 0.25) is 0 Å². The van der Waals surface area contributed by atoms with E-state index in [0.717, 1.165) is 15.8 Å². The molecule has 0 bridgehead atoms. The predicted molar refractivity (Wildman–Crippen MR) is 115 cm³/mol. The van der Waals surface area contributed by atoms with Crippen LogP contribution in [0.15, 0.2) is 56.5 Å². The number of aromatic nitrogens is 3. The van der Waals surface area contributed by atoms with E-state index in [4.69, 9.17) is 9.15 Å². The first kappa shape index (κ1) is 20.5. The maximum absolute atomic E-state index is 12.5. The molecule has 2 aromatic carbocycles. The van der Waals surface area contributed by atoms with Gasteiger partial charge in [0.05, 0.1) is 5.39 Å². The lowest BCUT2D eigenvalue weighted by atomic mass is 9.95. The summed E-state index contributed by atoms with van der Waals surface area (Å²) in [5.41, 5.74) is 2.63. The molecule has 0 saturated carbocycles. The Labute approximate surface area is 177 Å². The molecule has 0 aliphatic heterocycles. The van der Waals surface area contributed by atoms with Crippen molar-refractivity contribution in [3.8, 4) is 0 Å². The predicted octanol–water partition coefficient (Wildman–Crippen LogP) is 3.07. The van der Waals surface area contributed by atoms with Crippen molar-refractivity contribution in [2.45, 2.75) is 39.8 Å². The van der Waals surface area contributed by atoms with Crippen molar-refractivity contribution in [2.24, 2.45) is 0 Å². The average Bonchev–Trinajstić information content (AvgIpc) is 2.73. The number of rotatable bonds is 5. The number of nitrogens with zero attached hydrogens (tertiary/aromatic N) is 3. The fourth-order valence-corrected chi connectivity index (χ4v) is 3.59. The second-order valence-corrected chi connectivity index (χ2v) is 7.68. The molecule has 2 aromatic heterocycles. The molecular formula is C23H21N3O5. The number of carbonyl (C=O) groups excluding carboxylic acids is 1. The number of aryl methyl sites for hydroxylation is 1. The molecule has 8 heteroatoms. The zero-order valence-electron chi connectivity index (χ0n) is 17.4. The lowest BCUT2D eigenvalue weighted by molar-refractivity contribution is -0.146. The summed E-state index contributed by atoms with van der Waals surface area (Å²) in [6.45, 7) is 5.61. The van der Waals surface area contributed by atoms with Crippen LogP contribution in [0.1, 0.15) is 36.5 Å². The molecule has 0 N–H and O–H groups in total. The van der Waals surface area contributed by atoms with Gasteiger partial charge in [-0.15, -0.1) is 5.10 Å². The normalized spacial score (nSPS) is 11.4. The Morgan fingerprint density at radius 2 is 1.90 bits per heavy atom. The van der Waals surface area contributed by atoms with E-state index >= 15 is 0 Å². The third-order valence-electron chi connectivity index (χ3n) is 5.14. The number of fused-ring (bicyclic) bond motifs is 2. The Hall–Kier alpha value is -3.81. The van der Waals surface area contributed by atoms with Gasteiger partial charge in [-0.2, -0.15) is 4.68 Å². The van der Waals surface area contributed by atoms with E-state index in [1.165, 1.54) is 6.07 Å². The highest BCUT2D eigenvalue weighted by Gasteiger charge is 2.14. The van der Waals surface area contributed by atoms with Crippen LogP contribution >= 0.6 is 0 Å². The highest BCUT2D eigenvalue weighted by Crippen LogP contribution is 2.27. The maximum atomic E-state index is 12.5. The molecule has 0 aliphatic rings. The van der Waals surface area contributed by atoms with E-state index in [-0.39, 0.29) is 19.1 Å². The zero-order chi connectivity index (χ0) is 22.1. The van der Waals surface area contributed by atoms with Gasteiger partial charge in [-0.1, -0.05) is 31.2 Å². The van der Waals surface area contributed by atoms with Crippen LogP contribution in [-0.4, -0.2) is 21.0 Å². The molecule has 0 saturated heterocycles. The third-order valence-corrected chi connectivity index (χ3v) is 5.14. The van der Waals surface area contributed by atoms with Gasteiger partial charge in [0.2, 0.25) is 0 Å². The van der Waals surface area contributed by atoms with Crippen LogP contribution in [-0.2, 0) is 22.7 Å². The quantitative estimate of drug-likeness (QED) is 0.362. The highest BCUT2D eigenvalue weighted by molar-refractivity contribution is 5.82. The molecule has 0 atom stereocenters. The summed E-state index contributed by atoms with van der Waals surface area (Å²) in [6, 6.07) is 11.9. The van der Waals surface area contributed by atoms with Crippen LogP contribution < -0.4 is 11.2 Å². The van der Waals surface area contributed by atoms with Crippen LogP contribution in [0.25, 0.3) is 21.9 Å². The second-order valence-electron chi connectivity index (χ2n) is 7.68. The lowest BCUT2D eigenvalue weighted by Crippen LogP contribution is -2.28. The Morgan fingerprint density at radius 3 is 2.68 bits per heavy atom. The van der Waals surface area contributed by atoms with E-state index in [0.29, 0.717) is 27.4 Å². The molecule has 4 rings (SSSR count). The summed E-state index contributed by atoms with van der Waals surface area (Å²) in [5, 5.41) is 8.83. The topological polar surface area (TPSA) is 104 Å². The minimum Gasteiger partial charge on any atom is -0.459 e. The van der Waals surface area contributed by atoms with Crippen LogP contribution in [0.5, 0.6) is 0 Å². The summed E-state index contributed by atoms with van der Waals surface area (Å²) in [5.74, 6) is -0.380. The number of hydrogen-bond acceptors (Lipinski definition) is 7. The summed E-state index contributed by atoms with van der Waals surface area (Å²) in [7, 11) is 0. The first-order valence-corrected chi connectivity index (χ1v) is 9.89. The minimum absolute atomic E-state index is 0.128. The Balaban J connectivity index is 1.58. The highest BCUT2D eigenvalue weighted by atomic mass is 16.5. The molecular weight excluding hydrogens is 398 g/mol. The van der Waals surface area contributed by atoms with Crippen molar-refractivity contribution in [1.29, 1.82) is 0 Å². The molecule has 0 amide bonds. The largest absolute Gasteiger partial charge is 0.459 e. The second kappa shape index (κ2) is 8.14. The Kier molecular flexibility index (Phi) is 5.37. The van der Waals surface area contributed by atoms with Gasteiger partial charge in [0.25, 0.3) is 5.56 Å². The fourth-order valence-electron chi connectivity index (χ4n) is 3.59. The van der Waals surface area contributed by atoms with Crippen molar-refractivity contribution < 1.29 is 13.9 Å². The number of carbonyl (C=O) groups is 1. The summed E-state index contributed by atoms with van der Waals surface area (Å²) in [6.07, 6.45) is 0. The smallest absolute Gasteiger partial charge is 0.336 e. The molecule has 8 nitrogen and oxygen atoms in total. The molecule has 2 heterocycles. The lowest BCUT2D eigenvalue weighted by Gasteiger charge is -2.13. The van der Waals surface area contributed by atoms with E-state index in [2.05, 4.69) is 24.2 Å². The number of benzene rings is 2. The number of ether oxygens (including phenoxy) is 1. The van der Waals surface area contributed by atoms with Gasteiger partial charge in [0.1, 0.15) is 24.3 Å². The zero-order valence-corrected chi connectivity index (χ0v) is 17.4. The van der Waals surface area contributed by atoms with Gasteiger partial charge in [-0.05, 0) is 48.2 Å². The van der Waals surface area contributed by atoms with Crippen molar-refractivity contribution in [1.82, 2.24) is 15.0 Å². The van der Waals surface area contributed by atoms with Crippen LogP contribution in [0.4, 0.5) is 0 Å². The van der Waals surface area contributed by atoms with Gasteiger partial charge < -0.3 is 9.15 Å². The maximum Gasteiger partial charge on any atom is 0.336 e. The molecule has 31 heavy (non-hydrogen) atoms. The Morgan fingerprint density at radius 1 is 1.13 bits per heavy atom. The average molecular weight is 419 g/mol. The standard InChI is InChI=1S/C23H21N3O5/c1-13(2)17-10-18-15(9-21(27)31-20(18)8-14(17)3)12-30-22(28)11-26-23(29)16-6-4-5-7-19(16)24-25-26/h4-10,13H,11-12H2,1-3H3.